The third-order valence-electron chi connectivity index (χ3n) is 3.56. The fraction of sp³-hybridized carbons (Fsp3) is 0.429. The Morgan fingerprint density at radius 2 is 2.05 bits per heavy atom. The summed E-state index contributed by atoms with van der Waals surface area (Å²) in [4.78, 5) is 25.0. The largest absolute Gasteiger partial charge is 0.469 e. The highest BCUT2D eigenvalue weighted by Gasteiger charge is 2.45. The first kappa shape index (κ1) is 13.5. The van der Waals surface area contributed by atoms with E-state index >= 15 is 0 Å². The van der Waals surface area contributed by atoms with Crippen LogP contribution in [-0.2, 0) is 14.3 Å². The smallest absolute Gasteiger partial charge is 0.313 e. The molecule has 2 rings (SSSR count). The molecule has 1 aromatic carbocycles. The van der Waals surface area contributed by atoms with Crippen LogP contribution in [0.4, 0.5) is 0 Å². The molecule has 0 radical (unpaired) electrons. The van der Waals surface area contributed by atoms with E-state index in [4.69, 9.17) is 0 Å². The van der Waals surface area contributed by atoms with Gasteiger partial charge in [0.1, 0.15) is 12.0 Å². The molecule has 3 atom stereocenters. The number of aliphatic hydroxyl groups is 1. The molecule has 1 aliphatic rings. The first-order valence-electron chi connectivity index (χ1n) is 6.17. The van der Waals surface area contributed by atoms with E-state index in [2.05, 4.69) is 4.74 Å². The van der Waals surface area contributed by atoms with Crippen molar-refractivity contribution in [3.05, 3.63) is 35.9 Å². The molecule has 1 amide bonds. The molecule has 1 N–H and O–H groups in total. The lowest BCUT2D eigenvalue weighted by atomic mass is 10.1. The third kappa shape index (κ3) is 2.46. The van der Waals surface area contributed by atoms with Crippen molar-refractivity contribution in [1.82, 2.24) is 4.90 Å². The fourth-order valence-electron chi connectivity index (χ4n) is 2.36. The van der Waals surface area contributed by atoms with E-state index < -0.39 is 23.9 Å². The number of carbonyl (C=O) groups is 2. The van der Waals surface area contributed by atoms with Gasteiger partial charge in [-0.2, -0.15) is 0 Å². The summed E-state index contributed by atoms with van der Waals surface area (Å²) in [6.07, 6.45) is -1.31. The van der Waals surface area contributed by atoms with Gasteiger partial charge in [-0.1, -0.05) is 30.3 Å². The van der Waals surface area contributed by atoms with Crippen molar-refractivity contribution in [2.75, 3.05) is 13.7 Å². The maximum absolute atomic E-state index is 12.0. The van der Waals surface area contributed by atoms with Crippen molar-refractivity contribution >= 4 is 11.9 Å². The first-order chi connectivity index (χ1) is 9.06. The molecular formula is C14H17NO4. The summed E-state index contributed by atoms with van der Waals surface area (Å²) >= 11 is 0. The molecule has 0 spiro atoms. The fourth-order valence-corrected chi connectivity index (χ4v) is 2.36. The van der Waals surface area contributed by atoms with Crippen LogP contribution in [0.25, 0.3) is 0 Å². The van der Waals surface area contributed by atoms with E-state index in [-0.39, 0.29) is 12.6 Å². The molecule has 0 unspecified atom stereocenters. The molecule has 19 heavy (non-hydrogen) atoms. The minimum absolute atomic E-state index is 0.182. The van der Waals surface area contributed by atoms with Crippen molar-refractivity contribution in [1.29, 1.82) is 0 Å². The summed E-state index contributed by atoms with van der Waals surface area (Å²) in [5, 5.41) is 9.83. The Morgan fingerprint density at radius 1 is 1.42 bits per heavy atom. The van der Waals surface area contributed by atoms with Crippen LogP contribution in [0, 0.1) is 5.92 Å². The molecule has 1 fully saturated rings. The lowest BCUT2D eigenvalue weighted by Gasteiger charge is -2.24. The number of rotatable bonds is 3. The van der Waals surface area contributed by atoms with Crippen LogP contribution < -0.4 is 0 Å². The van der Waals surface area contributed by atoms with Gasteiger partial charge in [0.25, 0.3) is 5.91 Å². The minimum atomic E-state index is -1.31. The zero-order valence-electron chi connectivity index (χ0n) is 10.9. The number of hydrogen-bond acceptors (Lipinski definition) is 4. The average Bonchev–Trinajstić information content (AvgIpc) is 2.75. The van der Waals surface area contributed by atoms with Gasteiger partial charge in [-0.3, -0.25) is 9.59 Å². The van der Waals surface area contributed by atoms with Crippen molar-refractivity contribution in [3.63, 3.8) is 0 Å². The van der Waals surface area contributed by atoms with Crippen molar-refractivity contribution in [2.45, 2.75) is 19.1 Å². The molecule has 5 heteroatoms. The number of benzene rings is 1. The molecule has 0 aromatic heterocycles. The maximum Gasteiger partial charge on any atom is 0.313 e. The van der Waals surface area contributed by atoms with Crippen LogP contribution in [0.1, 0.15) is 18.5 Å². The van der Waals surface area contributed by atoms with Crippen LogP contribution >= 0.6 is 0 Å². The number of ether oxygens (including phenoxy) is 1. The maximum atomic E-state index is 12.0. The number of carbonyl (C=O) groups excluding carboxylic acids is 2. The second kappa shape index (κ2) is 5.40. The Morgan fingerprint density at radius 3 is 2.63 bits per heavy atom. The van der Waals surface area contributed by atoms with E-state index in [1.54, 1.807) is 0 Å². The minimum Gasteiger partial charge on any atom is -0.469 e. The Balaban J connectivity index is 2.18. The zero-order chi connectivity index (χ0) is 14.0. The number of nitrogens with zero attached hydrogens (tertiary/aromatic N) is 1. The van der Waals surface area contributed by atoms with Gasteiger partial charge >= 0.3 is 5.97 Å². The van der Waals surface area contributed by atoms with Gasteiger partial charge in [0.2, 0.25) is 0 Å². The van der Waals surface area contributed by atoms with Crippen LogP contribution in [0.15, 0.2) is 30.3 Å². The molecule has 0 saturated carbocycles. The van der Waals surface area contributed by atoms with Crippen molar-refractivity contribution in [3.8, 4) is 0 Å². The Labute approximate surface area is 111 Å². The monoisotopic (exact) mass is 263 g/mol. The van der Waals surface area contributed by atoms with Crippen LogP contribution in [0.5, 0.6) is 0 Å². The number of esters is 1. The van der Waals surface area contributed by atoms with Crippen LogP contribution in [-0.4, -0.2) is 41.6 Å². The standard InChI is InChI=1S/C14H17NO4/c1-9(10-6-4-3-5-7-10)15-8-11(14(18)19-2)12(16)13(15)17/h3-7,9,11-12,16H,8H2,1-2H3/t9-,11-,12-/m0/s1. The van der Waals surface area contributed by atoms with Crippen LogP contribution in [0.2, 0.25) is 0 Å². The predicted octanol–water partition coefficient (Wildman–Crippen LogP) is 0.740. The highest BCUT2D eigenvalue weighted by atomic mass is 16.5. The van der Waals surface area contributed by atoms with Crippen LogP contribution in [0.3, 0.4) is 0 Å². The van der Waals surface area contributed by atoms with Crippen molar-refractivity contribution < 1.29 is 19.4 Å². The Hall–Kier alpha value is -1.88. The summed E-state index contributed by atoms with van der Waals surface area (Å²) in [6, 6.07) is 9.32. The molecule has 0 bridgehead atoms. The molecule has 1 aliphatic heterocycles. The molecule has 1 heterocycles. The highest BCUT2D eigenvalue weighted by molar-refractivity contribution is 5.91. The second-order valence-electron chi connectivity index (χ2n) is 4.65. The Bertz CT molecular complexity index is 474. The third-order valence-corrected chi connectivity index (χ3v) is 3.56. The quantitative estimate of drug-likeness (QED) is 0.817. The summed E-state index contributed by atoms with van der Waals surface area (Å²) in [6.45, 7) is 2.06. The lowest BCUT2D eigenvalue weighted by molar-refractivity contribution is -0.150. The second-order valence-corrected chi connectivity index (χ2v) is 4.65. The zero-order valence-corrected chi connectivity index (χ0v) is 10.9. The summed E-state index contributed by atoms with van der Waals surface area (Å²) in [5.74, 6) is -1.78. The molecule has 5 nitrogen and oxygen atoms in total. The van der Waals surface area contributed by atoms with Gasteiger partial charge in [-0.25, -0.2) is 0 Å². The normalized spacial score (nSPS) is 24.4. The molecule has 1 aromatic rings. The molecule has 102 valence electrons. The van der Waals surface area contributed by atoms with Gasteiger partial charge in [-0.05, 0) is 12.5 Å². The first-order valence-corrected chi connectivity index (χ1v) is 6.17. The van der Waals surface area contributed by atoms with E-state index in [1.807, 2.05) is 37.3 Å². The van der Waals surface area contributed by atoms with Gasteiger partial charge in [0.05, 0.1) is 13.2 Å². The SMILES string of the molecule is COC(=O)[C@H]1CN([C@@H](C)c2ccccc2)C(=O)[C@H]1O. The summed E-state index contributed by atoms with van der Waals surface area (Å²) in [5.41, 5.74) is 0.966. The van der Waals surface area contributed by atoms with Gasteiger partial charge < -0.3 is 14.7 Å². The summed E-state index contributed by atoms with van der Waals surface area (Å²) < 4.78 is 4.61. The highest BCUT2D eigenvalue weighted by Crippen LogP contribution is 2.29. The number of hydrogen-bond donors (Lipinski definition) is 1. The topological polar surface area (TPSA) is 66.8 Å². The van der Waals surface area contributed by atoms with Gasteiger partial charge in [-0.15, -0.1) is 0 Å². The number of methoxy groups -OCH3 is 1. The van der Waals surface area contributed by atoms with E-state index in [1.165, 1.54) is 12.0 Å². The number of amides is 1. The molecular weight excluding hydrogens is 246 g/mol. The van der Waals surface area contributed by atoms with E-state index in [0.717, 1.165) is 5.56 Å². The molecule has 1 saturated heterocycles. The van der Waals surface area contributed by atoms with Gasteiger partial charge in [0.15, 0.2) is 0 Å². The number of aliphatic hydroxyl groups excluding tert-OH is 1. The predicted molar refractivity (Wildman–Crippen MR) is 68.1 cm³/mol. The van der Waals surface area contributed by atoms with Gasteiger partial charge in [0, 0.05) is 6.54 Å². The number of likely N-dealkylation sites (tertiary alicyclic amines) is 1. The van der Waals surface area contributed by atoms with Crippen molar-refractivity contribution in [2.24, 2.45) is 5.92 Å². The lowest BCUT2D eigenvalue weighted by Crippen LogP contribution is -2.32. The summed E-state index contributed by atoms with van der Waals surface area (Å²) in [7, 11) is 1.25. The average molecular weight is 263 g/mol. The van der Waals surface area contributed by atoms with E-state index in [0.29, 0.717) is 0 Å². The van der Waals surface area contributed by atoms with E-state index in [9.17, 15) is 14.7 Å². The molecule has 0 aliphatic carbocycles. The Kier molecular flexibility index (Phi) is 3.85.